The van der Waals surface area contributed by atoms with E-state index in [9.17, 15) is 9.59 Å². The maximum Gasteiger partial charge on any atom is 0.199 e. The normalized spacial score (nSPS) is 11.3. The largest absolute Gasteiger partial charge is 0.294 e. The number of pyridine rings is 1. The smallest absolute Gasteiger partial charge is 0.199 e. The lowest BCUT2D eigenvalue weighted by Gasteiger charge is -2.03. The minimum atomic E-state index is -0.386. The molecule has 0 saturated heterocycles. The molecule has 0 radical (unpaired) electrons. The molecule has 0 aliphatic heterocycles. The van der Waals surface area contributed by atoms with Crippen molar-refractivity contribution in [2.75, 3.05) is 0 Å². The SMILES string of the molecule is C/C=C(\C(C)=O)C(=O)c1cccnc1Cl. The van der Waals surface area contributed by atoms with E-state index in [0.29, 0.717) is 0 Å². The second-order valence-corrected chi connectivity index (χ2v) is 3.29. The maximum absolute atomic E-state index is 11.8. The Labute approximate surface area is 92.8 Å². The van der Waals surface area contributed by atoms with E-state index in [2.05, 4.69) is 4.98 Å². The Balaban J connectivity index is 3.16. The summed E-state index contributed by atoms with van der Waals surface area (Å²) in [4.78, 5) is 26.8. The molecule has 78 valence electrons. The highest BCUT2D eigenvalue weighted by Gasteiger charge is 2.18. The lowest BCUT2D eigenvalue weighted by molar-refractivity contribution is -0.113. The van der Waals surface area contributed by atoms with Gasteiger partial charge in [0, 0.05) is 6.20 Å². The first kappa shape index (κ1) is 11.6. The molecule has 0 bridgehead atoms. The van der Waals surface area contributed by atoms with Gasteiger partial charge < -0.3 is 0 Å². The number of aromatic nitrogens is 1. The molecule has 3 nitrogen and oxygen atoms in total. The van der Waals surface area contributed by atoms with Crippen molar-refractivity contribution in [2.45, 2.75) is 13.8 Å². The van der Waals surface area contributed by atoms with E-state index in [-0.39, 0.29) is 27.9 Å². The Bertz CT molecular complexity index is 438. The van der Waals surface area contributed by atoms with Crippen molar-refractivity contribution in [3.05, 3.63) is 40.7 Å². The van der Waals surface area contributed by atoms with Gasteiger partial charge in [-0.1, -0.05) is 17.7 Å². The fourth-order valence-corrected chi connectivity index (χ4v) is 1.40. The number of halogens is 1. The van der Waals surface area contributed by atoms with Crippen molar-refractivity contribution >= 4 is 23.2 Å². The average molecular weight is 224 g/mol. The highest BCUT2D eigenvalue weighted by molar-refractivity contribution is 6.36. The number of carbonyl (C=O) groups excluding carboxylic acids is 2. The van der Waals surface area contributed by atoms with Crippen LogP contribution in [0.25, 0.3) is 0 Å². The van der Waals surface area contributed by atoms with Gasteiger partial charge in [-0.05, 0) is 26.0 Å². The van der Waals surface area contributed by atoms with Gasteiger partial charge in [-0.25, -0.2) is 4.98 Å². The number of hydrogen-bond acceptors (Lipinski definition) is 3. The standard InChI is InChI=1S/C11H10ClNO2/c1-3-8(7(2)14)10(15)9-5-4-6-13-11(9)12/h3-6H,1-2H3/b8-3+. The van der Waals surface area contributed by atoms with Gasteiger partial charge in [0.2, 0.25) is 0 Å². The molecule has 0 aliphatic carbocycles. The van der Waals surface area contributed by atoms with Crippen LogP contribution in [-0.4, -0.2) is 16.6 Å². The van der Waals surface area contributed by atoms with Crippen LogP contribution in [0.1, 0.15) is 24.2 Å². The van der Waals surface area contributed by atoms with E-state index in [0.717, 1.165) is 0 Å². The summed E-state index contributed by atoms with van der Waals surface area (Å²) >= 11 is 5.75. The monoisotopic (exact) mass is 223 g/mol. The van der Waals surface area contributed by atoms with Crippen molar-refractivity contribution in [1.82, 2.24) is 4.98 Å². The minimum absolute atomic E-state index is 0.114. The average Bonchev–Trinajstić information content (AvgIpc) is 2.18. The van der Waals surface area contributed by atoms with Gasteiger partial charge in [-0.3, -0.25) is 9.59 Å². The molecule has 4 heteroatoms. The van der Waals surface area contributed by atoms with E-state index in [4.69, 9.17) is 11.6 Å². The lowest BCUT2D eigenvalue weighted by atomic mass is 10.0. The van der Waals surface area contributed by atoms with Crippen molar-refractivity contribution < 1.29 is 9.59 Å². The first-order valence-corrected chi connectivity index (χ1v) is 4.78. The zero-order valence-corrected chi connectivity index (χ0v) is 9.21. The summed E-state index contributed by atoms with van der Waals surface area (Å²) in [6.07, 6.45) is 2.97. The molecule has 1 aromatic heterocycles. The number of allylic oxidation sites excluding steroid dienone is 2. The van der Waals surface area contributed by atoms with Gasteiger partial charge in [0.25, 0.3) is 0 Å². The molecular weight excluding hydrogens is 214 g/mol. The first-order valence-electron chi connectivity index (χ1n) is 4.40. The molecule has 1 aromatic rings. The number of Topliss-reactive ketones (excluding diaryl/α,β-unsaturated/α-hetero) is 2. The summed E-state index contributed by atoms with van der Waals surface area (Å²) in [5.41, 5.74) is 0.382. The fourth-order valence-electron chi connectivity index (χ4n) is 1.19. The van der Waals surface area contributed by atoms with Crippen LogP contribution in [0.5, 0.6) is 0 Å². The minimum Gasteiger partial charge on any atom is -0.294 e. The summed E-state index contributed by atoms with van der Waals surface area (Å²) in [6, 6.07) is 3.15. The second kappa shape index (κ2) is 4.84. The molecule has 0 aromatic carbocycles. The van der Waals surface area contributed by atoms with Gasteiger partial charge >= 0.3 is 0 Å². The number of nitrogens with zero attached hydrogens (tertiary/aromatic N) is 1. The van der Waals surface area contributed by atoms with Crippen LogP contribution < -0.4 is 0 Å². The van der Waals surface area contributed by atoms with Crippen molar-refractivity contribution in [2.24, 2.45) is 0 Å². The van der Waals surface area contributed by atoms with Gasteiger partial charge in [-0.15, -0.1) is 0 Å². The molecule has 0 spiro atoms. The van der Waals surface area contributed by atoms with Crippen LogP contribution in [0, 0.1) is 0 Å². The zero-order valence-electron chi connectivity index (χ0n) is 8.45. The topological polar surface area (TPSA) is 47.0 Å². The molecule has 0 N–H and O–H groups in total. The molecule has 1 heterocycles. The van der Waals surface area contributed by atoms with Crippen molar-refractivity contribution in [1.29, 1.82) is 0 Å². The third-order valence-electron chi connectivity index (χ3n) is 1.92. The molecule has 1 rings (SSSR count). The summed E-state index contributed by atoms with van der Waals surface area (Å²) < 4.78 is 0. The predicted octanol–water partition coefficient (Wildman–Crippen LogP) is 2.45. The van der Waals surface area contributed by atoms with Crippen LogP contribution in [0.15, 0.2) is 30.0 Å². The van der Waals surface area contributed by atoms with Gasteiger partial charge in [-0.2, -0.15) is 0 Å². The van der Waals surface area contributed by atoms with Crippen molar-refractivity contribution in [3.8, 4) is 0 Å². The first-order chi connectivity index (χ1) is 7.07. The van der Waals surface area contributed by atoms with Crippen LogP contribution in [0.3, 0.4) is 0 Å². The Morgan fingerprint density at radius 1 is 1.47 bits per heavy atom. The number of rotatable bonds is 3. The van der Waals surface area contributed by atoms with Crippen LogP contribution in [0.2, 0.25) is 5.15 Å². The highest BCUT2D eigenvalue weighted by Crippen LogP contribution is 2.16. The fraction of sp³-hybridized carbons (Fsp3) is 0.182. The number of carbonyl (C=O) groups is 2. The lowest BCUT2D eigenvalue weighted by Crippen LogP contribution is -2.11. The van der Waals surface area contributed by atoms with Gasteiger partial charge in [0.15, 0.2) is 11.6 Å². The third kappa shape index (κ3) is 2.50. The summed E-state index contributed by atoms with van der Waals surface area (Å²) in [6.45, 7) is 2.98. The summed E-state index contributed by atoms with van der Waals surface area (Å²) in [5.74, 6) is -0.662. The quantitative estimate of drug-likeness (QED) is 0.260. The molecule has 0 fully saturated rings. The van der Waals surface area contributed by atoms with Crippen molar-refractivity contribution in [3.63, 3.8) is 0 Å². The molecule has 0 atom stereocenters. The Kier molecular flexibility index (Phi) is 3.74. The van der Waals surface area contributed by atoms with Crippen LogP contribution in [-0.2, 0) is 4.79 Å². The van der Waals surface area contributed by atoms with E-state index in [1.807, 2.05) is 0 Å². The molecule has 15 heavy (non-hydrogen) atoms. The predicted molar refractivity (Wildman–Crippen MR) is 58.0 cm³/mol. The maximum atomic E-state index is 11.8. The Morgan fingerprint density at radius 3 is 2.60 bits per heavy atom. The van der Waals surface area contributed by atoms with Gasteiger partial charge in [0.1, 0.15) is 5.15 Å². The van der Waals surface area contributed by atoms with Gasteiger partial charge in [0.05, 0.1) is 11.1 Å². The van der Waals surface area contributed by atoms with E-state index >= 15 is 0 Å². The van der Waals surface area contributed by atoms with E-state index < -0.39 is 0 Å². The second-order valence-electron chi connectivity index (χ2n) is 2.93. The van der Waals surface area contributed by atoms with E-state index in [1.54, 1.807) is 19.1 Å². The van der Waals surface area contributed by atoms with Crippen LogP contribution in [0.4, 0.5) is 0 Å². The number of ketones is 2. The van der Waals surface area contributed by atoms with E-state index in [1.165, 1.54) is 19.2 Å². The van der Waals surface area contributed by atoms with Crippen LogP contribution >= 0.6 is 11.6 Å². The Hall–Kier alpha value is -1.48. The molecule has 0 saturated carbocycles. The summed E-state index contributed by atoms with van der Waals surface area (Å²) in [7, 11) is 0. The third-order valence-corrected chi connectivity index (χ3v) is 2.22. The molecule has 0 aliphatic rings. The summed E-state index contributed by atoms with van der Waals surface area (Å²) in [5, 5.41) is 0.114. The molecule has 0 unspecified atom stereocenters. The highest BCUT2D eigenvalue weighted by atomic mass is 35.5. The molecular formula is C11H10ClNO2. The number of hydrogen-bond donors (Lipinski definition) is 0. The zero-order chi connectivity index (χ0) is 11.4. The Morgan fingerprint density at radius 2 is 2.13 bits per heavy atom. The molecule has 0 amide bonds.